The lowest BCUT2D eigenvalue weighted by Crippen LogP contribution is -2.27. The summed E-state index contributed by atoms with van der Waals surface area (Å²) in [4.78, 5) is 13.2. The van der Waals surface area contributed by atoms with Crippen molar-refractivity contribution >= 4 is 11.7 Å². The molecule has 1 aromatic carbocycles. The fraction of sp³-hybridized carbons (Fsp3) is 0.364. The number of nitrogens with one attached hydrogen (secondary N) is 1. The van der Waals surface area contributed by atoms with E-state index < -0.39 is 0 Å². The molecule has 3 N–H and O–H groups in total. The van der Waals surface area contributed by atoms with Gasteiger partial charge < -0.3 is 11.1 Å². The summed E-state index contributed by atoms with van der Waals surface area (Å²) in [5, 5.41) is 2.78. The molecule has 80 valence electrons. The number of hydrogen-bond acceptors (Lipinski definition) is 2. The first-order valence-corrected chi connectivity index (χ1v) is 5.07. The van der Waals surface area contributed by atoms with Crippen LogP contribution in [0, 0.1) is 6.92 Å². The Bertz CT molecular complexity index is 389. The van der Waals surface area contributed by atoms with Crippen molar-refractivity contribution in [1.82, 2.24) is 5.32 Å². The van der Waals surface area contributed by atoms with Gasteiger partial charge in [-0.1, -0.05) is 6.07 Å². The number of anilines is 1. The van der Waals surface area contributed by atoms with Crippen LogP contribution in [0.15, 0.2) is 18.2 Å². The Hall–Kier alpha value is -1.55. The van der Waals surface area contributed by atoms with Crippen molar-refractivity contribution in [2.45, 2.75) is 13.5 Å². The Morgan fingerprint density at radius 1 is 1.53 bits per heavy atom. The van der Waals surface area contributed by atoms with Gasteiger partial charge in [-0.15, -0.1) is 0 Å². The molecule has 0 aliphatic carbocycles. The molecule has 1 aliphatic rings. The summed E-state index contributed by atoms with van der Waals surface area (Å²) in [5.74, 6) is 0. The van der Waals surface area contributed by atoms with E-state index in [1.807, 2.05) is 25.1 Å². The predicted octanol–water partition coefficient (Wildman–Crippen LogP) is 0.983. The van der Waals surface area contributed by atoms with E-state index in [-0.39, 0.29) is 6.03 Å². The maximum Gasteiger partial charge on any atom is 0.321 e. The number of carbonyl (C=O) groups excluding carboxylic acids is 1. The van der Waals surface area contributed by atoms with Crippen LogP contribution in [0.4, 0.5) is 10.5 Å². The molecule has 1 aliphatic heterocycles. The smallest absolute Gasteiger partial charge is 0.321 e. The lowest BCUT2D eigenvalue weighted by molar-refractivity contribution is 0.252. The Labute approximate surface area is 89.1 Å². The Kier molecular flexibility index (Phi) is 2.60. The summed E-state index contributed by atoms with van der Waals surface area (Å²) in [6.07, 6.45) is 0. The number of nitrogens with zero attached hydrogens (tertiary/aromatic N) is 1. The molecule has 0 radical (unpaired) electrons. The fourth-order valence-corrected chi connectivity index (χ4v) is 1.79. The highest BCUT2D eigenvalue weighted by Crippen LogP contribution is 2.20. The van der Waals surface area contributed by atoms with Crippen LogP contribution in [0.25, 0.3) is 0 Å². The molecule has 0 spiro atoms. The zero-order valence-corrected chi connectivity index (χ0v) is 8.79. The number of carbonyl (C=O) groups is 1. The first-order chi connectivity index (χ1) is 7.22. The molecule has 1 heterocycles. The van der Waals surface area contributed by atoms with Crippen molar-refractivity contribution in [3.8, 4) is 0 Å². The van der Waals surface area contributed by atoms with E-state index in [1.54, 1.807) is 4.90 Å². The first kappa shape index (κ1) is 9.98. The second-order valence-electron chi connectivity index (χ2n) is 3.70. The third kappa shape index (κ3) is 1.80. The van der Waals surface area contributed by atoms with Gasteiger partial charge >= 0.3 is 6.03 Å². The summed E-state index contributed by atoms with van der Waals surface area (Å²) in [7, 11) is 0. The van der Waals surface area contributed by atoms with Gasteiger partial charge in [0.2, 0.25) is 0 Å². The largest absolute Gasteiger partial charge is 0.336 e. The molecule has 2 rings (SSSR count). The Balaban J connectivity index is 2.29. The summed E-state index contributed by atoms with van der Waals surface area (Å²) < 4.78 is 0. The molecule has 4 nitrogen and oxygen atoms in total. The zero-order valence-electron chi connectivity index (χ0n) is 8.79. The average Bonchev–Trinajstić information content (AvgIpc) is 2.64. The molecule has 1 saturated heterocycles. The van der Waals surface area contributed by atoms with Gasteiger partial charge in [0.25, 0.3) is 0 Å². The summed E-state index contributed by atoms with van der Waals surface area (Å²) in [6.45, 7) is 4.01. The van der Waals surface area contributed by atoms with Gasteiger partial charge in [-0.3, -0.25) is 4.90 Å². The number of aryl methyl sites for hydroxylation is 1. The summed E-state index contributed by atoms with van der Waals surface area (Å²) in [6, 6.07) is 5.92. The number of amides is 2. The van der Waals surface area contributed by atoms with Crippen molar-refractivity contribution in [2.24, 2.45) is 5.73 Å². The molecule has 2 amide bonds. The molecule has 0 saturated carbocycles. The van der Waals surface area contributed by atoms with Crippen molar-refractivity contribution in [3.05, 3.63) is 29.3 Å². The Morgan fingerprint density at radius 2 is 2.33 bits per heavy atom. The number of urea groups is 1. The molecule has 0 aromatic heterocycles. The van der Waals surface area contributed by atoms with Gasteiger partial charge in [0.15, 0.2) is 0 Å². The molecule has 4 heteroatoms. The van der Waals surface area contributed by atoms with Crippen molar-refractivity contribution in [3.63, 3.8) is 0 Å². The predicted molar refractivity (Wildman–Crippen MR) is 59.8 cm³/mol. The maximum absolute atomic E-state index is 11.4. The standard InChI is InChI=1S/C11H15N3O/c1-8-6-10(3-2-9(8)7-12)14-5-4-13-11(14)15/h2-3,6H,4-5,7,12H2,1H3,(H,13,15). The van der Waals surface area contributed by atoms with Crippen LogP contribution < -0.4 is 16.0 Å². The number of benzene rings is 1. The quantitative estimate of drug-likeness (QED) is 0.756. The maximum atomic E-state index is 11.4. The number of rotatable bonds is 2. The van der Waals surface area contributed by atoms with Crippen LogP contribution in [0.5, 0.6) is 0 Å². The minimum atomic E-state index is -0.0186. The van der Waals surface area contributed by atoms with Crippen LogP contribution in [-0.2, 0) is 6.54 Å². The lowest BCUT2D eigenvalue weighted by atomic mass is 10.1. The van der Waals surface area contributed by atoms with E-state index in [9.17, 15) is 4.79 Å². The Morgan fingerprint density at radius 3 is 2.87 bits per heavy atom. The van der Waals surface area contributed by atoms with Crippen LogP contribution >= 0.6 is 0 Å². The van der Waals surface area contributed by atoms with Gasteiger partial charge in [0.1, 0.15) is 0 Å². The molecule has 1 aromatic rings. The summed E-state index contributed by atoms with van der Waals surface area (Å²) in [5.41, 5.74) is 8.79. The van der Waals surface area contributed by atoms with Crippen LogP contribution in [0.1, 0.15) is 11.1 Å². The molecular weight excluding hydrogens is 190 g/mol. The average molecular weight is 205 g/mol. The van der Waals surface area contributed by atoms with Crippen LogP contribution in [0.2, 0.25) is 0 Å². The SMILES string of the molecule is Cc1cc(N2CCNC2=O)ccc1CN. The second-order valence-corrected chi connectivity index (χ2v) is 3.70. The van der Waals surface area contributed by atoms with Crippen LogP contribution in [0.3, 0.4) is 0 Å². The third-order valence-corrected chi connectivity index (χ3v) is 2.71. The molecule has 0 bridgehead atoms. The highest BCUT2D eigenvalue weighted by atomic mass is 16.2. The normalized spacial score (nSPS) is 15.6. The minimum Gasteiger partial charge on any atom is -0.336 e. The van der Waals surface area contributed by atoms with E-state index in [0.717, 1.165) is 29.9 Å². The molecule has 0 atom stereocenters. The number of hydrogen-bond donors (Lipinski definition) is 2. The zero-order chi connectivity index (χ0) is 10.8. The number of nitrogens with two attached hydrogens (primary N) is 1. The van der Waals surface area contributed by atoms with Gasteiger partial charge in [-0.2, -0.15) is 0 Å². The van der Waals surface area contributed by atoms with Crippen molar-refractivity contribution in [1.29, 1.82) is 0 Å². The summed E-state index contributed by atoms with van der Waals surface area (Å²) >= 11 is 0. The van der Waals surface area contributed by atoms with E-state index in [2.05, 4.69) is 5.32 Å². The van der Waals surface area contributed by atoms with Gasteiger partial charge in [-0.05, 0) is 30.2 Å². The van der Waals surface area contributed by atoms with Gasteiger partial charge in [0, 0.05) is 25.3 Å². The third-order valence-electron chi connectivity index (χ3n) is 2.71. The molecule has 15 heavy (non-hydrogen) atoms. The molecule has 0 unspecified atom stereocenters. The second kappa shape index (κ2) is 3.90. The minimum absolute atomic E-state index is 0.0186. The first-order valence-electron chi connectivity index (χ1n) is 5.07. The van der Waals surface area contributed by atoms with Crippen molar-refractivity contribution < 1.29 is 4.79 Å². The van der Waals surface area contributed by atoms with Gasteiger partial charge in [-0.25, -0.2) is 4.79 Å². The van der Waals surface area contributed by atoms with E-state index in [0.29, 0.717) is 6.54 Å². The lowest BCUT2D eigenvalue weighted by Gasteiger charge is -2.15. The van der Waals surface area contributed by atoms with Crippen molar-refractivity contribution in [2.75, 3.05) is 18.0 Å². The highest BCUT2D eigenvalue weighted by Gasteiger charge is 2.21. The molecular formula is C11H15N3O. The van der Waals surface area contributed by atoms with E-state index in [1.165, 1.54) is 0 Å². The topological polar surface area (TPSA) is 58.4 Å². The van der Waals surface area contributed by atoms with Gasteiger partial charge in [0.05, 0.1) is 0 Å². The van der Waals surface area contributed by atoms with Crippen LogP contribution in [-0.4, -0.2) is 19.1 Å². The fourth-order valence-electron chi connectivity index (χ4n) is 1.79. The molecule has 1 fully saturated rings. The van der Waals surface area contributed by atoms with E-state index in [4.69, 9.17) is 5.73 Å². The highest BCUT2D eigenvalue weighted by molar-refractivity contribution is 5.94. The van der Waals surface area contributed by atoms with E-state index >= 15 is 0 Å². The monoisotopic (exact) mass is 205 g/mol.